The zero-order chi connectivity index (χ0) is 20.2. The number of hydrogen-bond acceptors (Lipinski definition) is 3. The molecule has 0 radical (unpaired) electrons. The van der Waals surface area contributed by atoms with E-state index in [1.165, 1.54) is 4.31 Å². The van der Waals surface area contributed by atoms with Crippen molar-refractivity contribution in [2.75, 3.05) is 16.6 Å². The fourth-order valence-electron chi connectivity index (χ4n) is 3.06. The number of benzene rings is 2. The van der Waals surface area contributed by atoms with Crippen LogP contribution in [0.4, 0.5) is 5.69 Å². The lowest BCUT2D eigenvalue weighted by molar-refractivity contribution is 0.0940. The summed E-state index contributed by atoms with van der Waals surface area (Å²) >= 11 is 0. The number of rotatable bonds is 7. The molecular weight excluding hydrogens is 360 g/mol. The topological polar surface area (TPSA) is 66.5 Å². The van der Waals surface area contributed by atoms with Crippen LogP contribution in [0.15, 0.2) is 42.5 Å². The van der Waals surface area contributed by atoms with E-state index in [-0.39, 0.29) is 17.7 Å². The average molecular weight is 389 g/mol. The van der Waals surface area contributed by atoms with E-state index in [9.17, 15) is 13.2 Å². The van der Waals surface area contributed by atoms with Crippen LogP contribution in [0.25, 0.3) is 0 Å². The Bertz CT molecular complexity index is 906. The lowest BCUT2D eigenvalue weighted by Gasteiger charge is -2.22. The summed E-state index contributed by atoms with van der Waals surface area (Å²) in [5.41, 5.74) is 4.44. The van der Waals surface area contributed by atoms with Gasteiger partial charge in [0.1, 0.15) is 0 Å². The smallest absolute Gasteiger partial charge is 0.251 e. The highest BCUT2D eigenvalue weighted by Gasteiger charge is 2.19. The Labute approximate surface area is 162 Å². The van der Waals surface area contributed by atoms with Gasteiger partial charge in [0.05, 0.1) is 17.5 Å². The Morgan fingerprint density at radius 1 is 1.07 bits per heavy atom. The normalized spacial score (nSPS) is 12.5. The lowest BCUT2D eigenvalue weighted by atomic mass is 9.99. The van der Waals surface area contributed by atoms with Crippen LogP contribution in [0, 0.1) is 13.8 Å². The first-order valence-electron chi connectivity index (χ1n) is 9.18. The molecule has 1 N–H and O–H groups in total. The molecule has 1 atom stereocenters. The highest BCUT2D eigenvalue weighted by molar-refractivity contribution is 7.92. The number of nitrogens with one attached hydrogen (secondary N) is 1. The number of anilines is 1. The summed E-state index contributed by atoms with van der Waals surface area (Å²) in [6.07, 6.45) is 0. The minimum atomic E-state index is -3.33. The van der Waals surface area contributed by atoms with Gasteiger partial charge >= 0.3 is 0 Å². The summed E-state index contributed by atoms with van der Waals surface area (Å²) in [4.78, 5) is 12.6. The first kappa shape index (κ1) is 21.0. The maximum atomic E-state index is 12.6. The minimum absolute atomic E-state index is 0.0381. The van der Waals surface area contributed by atoms with Gasteiger partial charge in [-0.15, -0.1) is 0 Å². The third-order valence-electron chi connectivity index (χ3n) is 4.65. The van der Waals surface area contributed by atoms with E-state index in [0.717, 1.165) is 16.7 Å². The standard InChI is InChI=1S/C21H28N2O3S/c1-6-23(27(25,26)7-2)19-12-10-18(11-13-19)21(24)22-17(5)20-14-15(3)8-9-16(20)4/h8-14,17H,6-7H2,1-5H3,(H,22,24)/t17-/m0/s1. The summed E-state index contributed by atoms with van der Waals surface area (Å²) in [6.45, 7) is 9.78. The molecule has 0 aromatic heterocycles. The fraction of sp³-hybridized carbons (Fsp3) is 0.381. The van der Waals surface area contributed by atoms with Crippen molar-refractivity contribution in [1.29, 1.82) is 0 Å². The maximum Gasteiger partial charge on any atom is 0.251 e. The van der Waals surface area contributed by atoms with Crippen LogP contribution >= 0.6 is 0 Å². The molecule has 0 aliphatic carbocycles. The fourth-order valence-corrected chi connectivity index (χ4v) is 4.21. The Hall–Kier alpha value is -2.34. The van der Waals surface area contributed by atoms with Gasteiger partial charge in [-0.3, -0.25) is 9.10 Å². The largest absolute Gasteiger partial charge is 0.346 e. The van der Waals surface area contributed by atoms with Crippen molar-refractivity contribution in [1.82, 2.24) is 5.32 Å². The predicted octanol–water partition coefficient (Wildman–Crippen LogP) is 3.97. The molecule has 146 valence electrons. The van der Waals surface area contributed by atoms with Crippen molar-refractivity contribution in [2.45, 2.75) is 40.7 Å². The van der Waals surface area contributed by atoms with Crippen molar-refractivity contribution in [3.8, 4) is 0 Å². The van der Waals surface area contributed by atoms with Crippen molar-refractivity contribution < 1.29 is 13.2 Å². The molecule has 0 aliphatic heterocycles. The van der Waals surface area contributed by atoms with E-state index in [4.69, 9.17) is 0 Å². The Balaban J connectivity index is 2.17. The van der Waals surface area contributed by atoms with Crippen molar-refractivity contribution in [3.63, 3.8) is 0 Å². The van der Waals surface area contributed by atoms with Crippen LogP contribution < -0.4 is 9.62 Å². The number of carbonyl (C=O) groups excluding carboxylic acids is 1. The van der Waals surface area contributed by atoms with Crippen LogP contribution in [-0.2, 0) is 10.0 Å². The third kappa shape index (κ3) is 4.89. The van der Waals surface area contributed by atoms with E-state index in [1.807, 2.05) is 20.8 Å². The van der Waals surface area contributed by atoms with E-state index in [2.05, 4.69) is 23.5 Å². The second kappa shape index (κ2) is 8.57. The molecule has 0 fully saturated rings. The Kier molecular flexibility index (Phi) is 6.65. The first-order valence-corrected chi connectivity index (χ1v) is 10.8. The highest BCUT2D eigenvalue weighted by atomic mass is 32.2. The van der Waals surface area contributed by atoms with Gasteiger partial charge in [0.15, 0.2) is 0 Å². The van der Waals surface area contributed by atoms with Crippen LogP contribution in [0.1, 0.15) is 53.9 Å². The van der Waals surface area contributed by atoms with Gasteiger partial charge in [0, 0.05) is 12.1 Å². The zero-order valence-electron chi connectivity index (χ0n) is 16.6. The van der Waals surface area contributed by atoms with Crippen LogP contribution in [0.5, 0.6) is 0 Å². The summed E-state index contributed by atoms with van der Waals surface area (Å²) in [5, 5.41) is 3.01. The van der Waals surface area contributed by atoms with Gasteiger partial charge in [-0.05, 0) is 70.0 Å². The molecule has 0 bridgehead atoms. The zero-order valence-corrected chi connectivity index (χ0v) is 17.4. The van der Waals surface area contributed by atoms with Crippen LogP contribution in [0.2, 0.25) is 0 Å². The second-order valence-corrected chi connectivity index (χ2v) is 8.85. The van der Waals surface area contributed by atoms with Gasteiger partial charge in [0.25, 0.3) is 5.91 Å². The molecule has 0 saturated carbocycles. The monoisotopic (exact) mass is 388 g/mol. The Morgan fingerprint density at radius 2 is 1.70 bits per heavy atom. The summed E-state index contributed by atoms with van der Waals surface area (Å²) in [5.74, 6) is -0.146. The van der Waals surface area contributed by atoms with Gasteiger partial charge in [-0.2, -0.15) is 0 Å². The lowest BCUT2D eigenvalue weighted by Crippen LogP contribution is -2.32. The number of carbonyl (C=O) groups is 1. The average Bonchev–Trinajstić information content (AvgIpc) is 2.64. The molecule has 2 rings (SSSR count). The van der Waals surface area contributed by atoms with E-state index < -0.39 is 10.0 Å². The SMILES string of the molecule is CCN(c1ccc(C(=O)N[C@@H](C)c2cc(C)ccc2C)cc1)S(=O)(=O)CC. The second-order valence-electron chi connectivity index (χ2n) is 6.67. The van der Waals surface area contributed by atoms with Crippen molar-refractivity contribution >= 4 is 21.6 Å². The first-order chi connectivity index (χ1) is 12.7. The quantitative estimate of drug-likeness (QED) is 0.780. The van der Waals surface area contributed by atoms with Gasteiger partial charge in [-0.25, -0.2) is 8.42 Å². The number of hydrogen-bond donors (Lipinski definition) is 1. The van der Waals surface area contributed by atoms with E-state index in [0.29, 0.717) is 17.8 Å². The molecular formula is C21H28N2O3S. The predicted molar refractivity (Wildman–Crippen MR) is 111 cm³/mol. The molecule has 6 heteroatoms. The van der Waals surface area contributed by atoms with E-state index >= 15 is 0 Å². The number of nitrogens with zero attached hydrogens (tertiary/aromatic N) is 1. The van der Waals surface area contributed by atoms with Crippen LogP contribution in [-0.4, -0.2) is 26.6 Å². The van der Waals surface area contributed by atoms with Gasteiger partial charge in [0.2, 0.25) is 10.0 Å². The van der Waals surface area contributed by atoms with Gasteiger partial charge in [-0.1, -0.05) is 23.8 Å². The number of aryl methyl sites for hydroxylation is 2. The van der Waals surface area contributed by atoms with Crippen molar-refractivity contribution in [3.05, 3.63) is 64.7 Å². The highest BCUT2D eigenvalue weighted by Crippen LogP contribution is 2.21. The minimum Gasteiger partial charge on any atom is -0.346 e. The van der Waals surface area contributed by atoms with Crippen molar-refractivity contribution in [2.24, 2.45) is 0 Å². The van der Waals surface area contributed by atoms with E-state index in [1.54, 1.807) is 38.1 Å². The summed E-state index contributed by atoms with van der Waals surface area (Å²) in [6, 6.07) is 12.7. The molecule has 0 spiro atoms. The van der Waals surface area contributed by atoms with Crippen LogP contribution in [0.3, 0.4) is 0 Å². The molecule has 2 aromatic carbocycles. The summed E-state index contributed by atoms with van der Waals surface area (Å²) < 4.78 is 25.7. The Morgan fingerprint density at radius 3 is 2.26 bits per heavy atom. The number of sulfonamides is 1. The third-order valence-corrected chi connectivity index (χ3v) is 6.52. The molecule has 2 aromatic rings. The summed E-state index contributed by atoms with van der Waals surface area (Å²) in [7, 11) is -3.33. The molecule has 5 nitrogen and oxygen atoms in total. The maximum absolute atomic E-state index is 12.6. The number of amides is 1. The molecule has 0 aliphatic rings. The molecule has 0 heterocycles. The van der Waals surface area contributed by atoms with Gasteiger partial charge < -0.3 is 5.32 Å². The molecule has 0 unspecified atom stereocenters. The molecule has 27 heavy (non-hydrogen) atoms. The molecule has 0 saturated heterocycles. The molecule has 1 amide bonds.